The fourth-order valence-electron chi connectivity index (χ4n) is 1.48. The predicted molar refractivity (Wildman–Crippen MR) is 62.7 cm³/mol. The first-order valence-corrected chi connectivity index (χ1v) is 5.28. The van der Waals surface area contributed by atoms with Gasteiger partial charge in [-0.25, -0.2) is 4.90 Å². The number of halogens is 2. The molecule has 5 heteroatoms. The van der Waals surface area contributed by atoms with Gasteiger partial charge in [-0.05, 0) is 19.1 Å². The molecule has 0 unspecified atom stereocenters. The molecule has 0 atom stereocenters. The number of imide groups is 1. The van der Waals surface area contributed by atoms with E-state index in [0.29, 0.717) is 16.3 Å². The maximum atomic E-state index is 11.7. The van der Waals surface area contributed by atoms with Crippen molar-refractivity contribution in [2.24, 2.45) is 0 Å². The summed E-state index contributed by atoms with van der Waals surface area (Å²) in [6, 6.07) is 4.81. The molecule has 0 saturated heterocycles. The molecule has 3 nitrogen and oxygen atoms in total. The summed E-state index contributed by atoms with van der Waals surface area (Å²) in [5, 5.41) is 0.512. The molecule has 1 aliphatic rings. The molecule has 1 heterocycles. The van der Waals surface area contributed by atoms with Crippen LogP contribution in [0, 0.1) is 0 Å². The van der Waals surface area contributed by atoms with E-state index in [1.54, 1.807) is 25.1 Å². The SMILES string of the molecule is CC1=CC(=O)N(c2cccc(Cl)c2Cl)C1=O. The summed E-state index contributed by atoms with van der Waals surface area (Å²) < 4.78 is 0. The molecule has 2 rings (SSSR count). The summed E-state index contributed by atoms with van der Waals surface area (Å²) in [4.78, 5) is 24.3. The number of amides is 2. The lowest BCUT2D eigenvalue weighted by Crippen LogP contribution is -2.30. The number of rotatable bonds is 1. The highest BCUT2D eigenvalue weighted by atomic mass is 35.5. The van der Waals surface area contributed by atoms with Gasteiger partial charge in [0.05, 0.1) is 15.7 Å². The average molecular weight is 256 g/mol. The standard InChI is InChI=1S/C11H7Cl2NO2/c1-6-5-9(15)14(11(6)16)8-4-2-3-7(12)10(8)13/h2-5H,1H3. The van der Waals surface area contributed by atoms with E-state index in [9.17, 15) is 9.59 Å². The van der Waals surface area contributed by atoms with Crippen molar-refractivity contribution < 1.29 is 9.59 Å². The normalized spacial score (nSPS) is 15.7. The lowest BCUT2D eigenvalue weighted by atomic mass is 10.2. The molecule has 0 fully saturated rings. The van der Waals surface area contributed by atoms with E-state index in [0.717, 1.165) is 4.90 Å². The van der Waals surface area contributed by atoms with E-state index >= 15 is 0 Å². The number of nitrogens with zero attached hydrogens (tertiary/aromatic N) is 1. The summed E-state index contributed by atoms with van der Waals surface area (Å²) in [5.74, 6) is -0.763. The van der Waals surface area contributed by atoms with Crippen LogP contribution in [0.2, 0.25) is 10.0 Å². The molecule has 1 aromatic carbocycles. The van der Waals surface area contributed by atoms with Gasteiger partial charge < -0.3 is 0 Å². The van der Waals surface area contributed by atoms with Crippen molar-refractivity contribution in [3.63, 3.8) is 0 Å². The van der Waals surface area contributed by atoms with E-state index in [4.69, 9.17) is 23.2 Å². The second kappa shape index (κ2) is 3.92. The van der Waals surface area contributed by atoms with Crippen molar-refractivity contribution in [2.75, 3.05) is 4.90 Å². The Balaban J connectivity index is 2.51. The van der Waals surface area contributed by atoms with Crippen LogP contribution < -0.4 is 4.90 Å². The molecule has 16 heavy (non-hydrogen) atoms. The molecule has 0 bridgehead atoms. The number of anilines is 1. The number of hydrogen-bond acceptors (Lipinski definition) is 2. The Bertz CT molecular complexity index is 523. The van der Waals surface area contributed by atoms with Crippen LogP contribution in [0.25, 0.3) is 0 Å². The molecular formula is C11H7Cl2NO2. The second-order valence-corrected chi connectivity index (χ2v) is 4.16. The second-order valence-electron chi connectivity index (χ2n) is 3.38. The zero-order chi connectivity index (χ0) is 11.9. The van der Waals surface area contributed by atoms with Crippen molar-refractivity contribution >= 4 is 40.7 Å². The maximum absolute atomic E-state index is 11.7. The van der Waals surface area contributed by atoms with Crippen LogP contribution >= 0.6 is 23.2 Å². The van der Waals surface area contributed by atoms with Crippen molar-refractivity contribution in [3.8, 4) is 0 Å². The third kappa shape index (κ3) is 1.62. The summed E-state index contributed by atoms with van der Waals surface area (Å²) >= 11 is 11.8. The van der Waals surface area contributed by atoms with Crippen LogP contribution in [0.5, 0.6) is 0 Å². The van der Waals surface area contributed by atoms with Gasteiger partial charge in [0.25, 0.3) is 11.8 Å². The van der Waals surface area contributed by atoms with Crippen LogP contribution in [0.3, 0.4) is 0 Å². The molecule has 0 aromatic heterocycles. The van der Waals surface area contributed by atoms with Crippen molar-refractivity contribution in [1.82, 2.24) is 0 Å². The Morgan fingerprint density at radius 3 is 2.44 bits per heavy atom. The van der Waals surface area contributed by atoms with E-state index in [2.05, 4.69) is 0 Å². The quantitative estimate of drug-likeness (QED) is 0.724. The van der Waals surface area contributed by atoms with Crippen molar-refractivity contribution in [2.45, 2.75) is 6.92 Å². The van der Waals surface area contributed by atoms with Crippen molar-refractivity contribution in [3.05, 3.63) is 39.9 Å². The molecular weight excluding hydrogens is 249 g/mol. The Kier molecular flexibility index (Phi) is 2.74. The first kappa shape index (κ1) is 11.2. The monoisotopic (exact) mass is 255 g/mol. The zero-order valence-electron chi connectivity index (χ0n) is 8.33. The van der Waals surface area contributed by atoms with Gasteiger partial charge in [-0.1, -0.05) is 29.3 Å². The first-order valence-electron chi connectivity index (χ1n) is 4.53. The third-order valence-corrected chi connectivity index (χ3v) is 3.08. The molecule has 0 N–H and O–H groups in total. The van der Waals surface area contributed by atoms with Crippen LogP contribution in [0.1, 0.15) is 6.92 Å². The Labute approximate surface area is 102 Å². The molecule has 0 saturated carbocycles. The number of benzene rings is 1. The zero-order valence-corrected chi connectivity index (χ0v) is 9.84. The van der Waals surface area contributed by atoms with Gasteiger partial charge in [-0.3, -0.25) is 9.59 Å². The highest BCUT2D eigenvalue weighted by molar-refractivity contribution is 6.45. The lowest BCUT2D eigenvalue weighted by molar-refractivity contribution is -0.120. The topological polar surface area (TPSA) is 37.4 Å². The molecule has 0 radical (unpaired) electrons. The molecule has 1 aliphatic heterocycles. The number of hydrogen-bond donors (Lipinski definition) is 0. The Morgan fingerprint density at radius 1 is 1.19 bits per heavy atom. The minimum atomic E-state index is -0.397. The largest absolute Gasteiger partial charge is 0.269 e. The van der Waals surface area contributed by atoms with E-state index in [-0.39, 0.29) is 10.9 Å². The van der Waals surface area contributed by atoms with E-state index < -0.39 is 5.91 Å². The summed E-state index contributed by atoms with van der Waals surface area (Å²) in [6.07, 6.45) is 1.28. The highest BCUT2D eigenvalue weighted by Gasteiger charge is 2.31. The highest BCUT2D eigenvalue weighted by Crippen LogP contribution is 2.34. The van der Waals surface area contributed by atoms with Gasteiger partial charge in [0.15, 0.2) is 0 Å². The first-order chi connectivity index (χ1) is 7.52. The maximum Gasteiger partial charge on any atom is 0.261 e. The minimum absolute atomic E-state index is 0.203. The molecule has 82 valence electrons. The fraction of sp³-hybridized carbons (Fsp3) is 0.0909. The van der Waals surface area contributed by atoms with Gasteiger partial charge in [-0.15, -0.1) is 0 Å². The van der Waals surface area contributed by atoms with Crippen LogP contribution in [-0.2, 0) is 9.59 Å². The summed E-state index contributed by atoms with van der Waals surface area (Å²) in [6.45, 7) is 1.58. The van der Waals surface area contributed by atoms with Crippen LogP contribution in [0.15, 0.2) is 29.8 Å². The summed E-state index contributed by atoms with van der Waals surface area (Å²) in [5.41, 5.74) is 0.707. The van der Waals surface area contributed by atoms with Crippen LogP contribution in [-0.4, -0.2) is 11.8 Å². The van der Waals surface area contributed by atoms with Crippen molar-refractivity contribution in [1.29, 1.82) is 0 Å². The van der Waals surface area contributed by atoms with Gasteiger partial charge in [0.2, 0.25) is 0 Å². The predicted octanol–water partition coefficient (Wildman–Crippen LogP) is 2.81. The smallest absolute Gasteiger partial charge is 0.261 e. The minimum Gasteiger partial charge on any atom is -0.269 e. The molecule has 0 spiro atoms. The molecule has 1 aromatic rings. The van der Waals surface area contributed by atoms with Crippen LogP contribution in [0.4, 0.5) is 5.69 Å². The number of carbonyl (C=O) groups excluding carboxylic acids is 2. The molecule has 2 amide bonds. The summed E-state index contributed by atoms with van der Waals surface area (Å²) in [7, 11) is 0. The van der Waals surface area contributed by atoms with Gasteiger partial charge in [-0.2, -0.15) is 0 Å². The van der Waals surface area contributed by atoms with Gasteiger partial charge in [0.1, 0.15) is 0 Å². The third-order valence-electron chi connectivity index (χ3n) is 2.27. The fourth-order valence-corrected chi connectivity index (χ4v) is 1.86. The van der Waals surface area contributed by atoms with E-state index in [1.165, 1.54) is 6.08 Å². The van der Waals surface area contributed by atoms with Gasteiger partial charge >= 0.3 is 0 Å². The Morgan fingerprint density at radius 2 is 1.88 bits per heavy atom. The molecule has 0 aliphatic carbocycles. The van der Waals surface area contributed by atoms with Gasteiger partial charge in [0, 0.05) is 11.6 Å². The average Bonchev–Trinajstić information content (AvgIpc) is 2.47. The Hall–Kier alpha value is -1.32. The van der Waals surface area contributed by atoms with E-state index in [1.807, 2.05) is 0 Å². The lowest BCUT2D eigenvalue weighted by Gasteiger charge is -2.16. The number of carbonyl (C=O) groups is 2.